The first-order valence-corrected chi connectivity index (χ1v) is 9.24. The number of ether oxygens (including phenoxy) is 2. The lowest BCUT2D eigenvalue weighted by Crippen LogP contribution is -2.20. The van der Waals surface area contributed by atoms with Gasteiger partial charge in [-0.2, -0.15) is 0 Å². The molecule has 31 heavy (non-hydrogen) atoms. The van der Waals surface area contributed by atoms with E-state index in [0.29, 0.717) is 28.4 Å². The fraction of sp³-hybridized carbons (Fsp3) is 0.0909. The number of nitro groups is 1. The number of methoxy groups -OCH3 is 1. The van der Waals surface area contributed by atoms with Gasteiger partial charge in [0.1, 0.15) is 11.3 Å². The summed E-state index contributed by atoms with van der Waals surface area (Å²) < 4.78 is 16.3. The topological polar surface area (TPSA) is 117 Å². The molecule has 1 N–H and O–H groups in total. The molecule has 9 heteroatoms. The van der Waals surface area contributed by atoms with Gasteiger partial charge in [-0.25, -0.2) is 4.98 Å². The summed E-state index contributed by atoms with van der Waals surface area (Å²) >= 11 is 0. The normalized spacial score (nSPS) is 10.6. The highest BCUT2D eigenvalue weighted by Gasteiger charge is 2.15. The zero-order chi connectivity index (χ0) is 21.8. The third-order valence-corrected chi connectivity index (χ3v) is 4.41. The lowest BCUT2D eigenvalue weighted by molar-refractivity contribution is -0.385. The maximum atomic E-state index is 12.2. The summed E-state index contributed by atoms with van der Waals surface area (Å²) in [4.78, 5) is 27.2. The van der Waals surface area contributed by atoms with Gasteiger partial charge in [-0.05, 0) is 42.5 Å². The molecular weight excluding hydrogens is 402 g/mol. The summed E-state index contributed by atoms with van der Waals surface area (Å²) in [6.07, 6.45) is 0. The molecular formula is C22H17N3O6. The van der Waals surface area contributed by atoms with Crippen molar-refractivity contribution >= 4 is 28.4 Å². The fourth-order valence-corrected chi connectivity index (χ4v) is 2.96. The van der Waals surface area contributed by atoms with E-state index < -0.39 is 10.8 Å². The molecule has 1 aromatic heterocycles. The molecule has 1 heterocycles. The Labute approximate surface area is 176 Å². The van der Waals surface area contributed by atoms with Crippen LogP contribution in [-0.2, 0) is 4.79 Å². The first-order chi connectivity index (χ1) is 15.0. The Kier molecular flexibility index (Phi) is 5.48. The summed E-state index contributed by atoms with van der Waals surface area (Å²) in [5, 5.41) is 13.7. The van der Waals surface area contributed by atoms with Gasteiger partial charge < -0.3 is 19.2 Å². The molecule has 3 aromatic carbocycles. The molecule has 0 spiro atoms. The van der Waals surface area contributed by atoms with Crippen LogP contribution in [0.2, 0.25) is 0 Å². The SMILES string of the molecule is COc1cccc(-c2nc3cc(NC(=O)COc4ccccc4[N+](=O)[O-])ccc3o2)c1. The Morgan fingerprint density at radius 2 is 1.97 bits per heavy atom. The number of nitrogens with zero attached hydrogens (tertiary/aromatic N) is 2. The number of benzene rings is 3. The van der Waals surface area contributed by atoms with Gasteiger partial charge in [-0.3, -0.25) is 14.9 Å². The van der Waals surface area contributed by atoms with E-state index in [0.717, 1.165) is 5.56 Å². The van der Waals surface area contributed by atoms with Crippen molar-refractivity contribution in [1.82, 2.24) is 4.98 Å². The Morgan fingerprint density at radius 1 is 1.13 bits per heavy atom. The van der Waals surface area contributed by atoms with E-state index in [2.05, 4.69) is 10.3 Å². The van der Waals surface area contributed by atoms with Crippen molar-refractivity contribution < 1.29 is 23.6 Å². The number of fused-ring (bicyclic) bond motifs is 1. The van der Waals surface area contributed by atoms with Crippen LogP contribution in [0.5, 0.6) is 11.5 Å². The van der Waals surface area contributed by atoms with Crippen LogP contribution in [0.15, 0.2) is 71.1 Å². The zero-order valence-electron chi connectivity index (χ0n) is 16.4. The smallest absolute Gasteiger partial charge is 0.310 e. The molecule has 0 bridgehead atoms. The summed E-state index contributed by atoms with van der Waals surface area (Å²) in [6, 6.07) is 18.2. The summed E-state index contributed by atoms with van der Waals surface area (Å²) in [6.45, 7) is -0.378. The molecule has 0 atom stereocenters. The number of aromatic nitrogens is 1. The van der Waals surface area contributed by atoms with Crippen LogP contribution in [0, 0.1) is 10.1 Å². The molecule has 0 unspecified atom stereocenters. The molecule has 0 fully saturated rings. The minimum absolute atomic E-state index is 0.0255. The molecule has 0 radical (unpaired) electrons. The highest BCUT2D eigenvalue weighted by molar-refractivity contribution is 5.94. The molecule has 0 aliphatic rings. The molecule has 4 rings (SSSR count). The number of oxazole rings is 1. The first-order valence-electron chi connectivity index (χ1n) is 9.24. The van der Waals surface area contributed by atoms with E-state index in [1.165, 1.54) is 18.2 Å². The van der Waals surface area contributed by atoms with Gasteiger partial charge in [0.05, 0.1) is 12.0 Å². The average Bonchev–Trinajstić information content (AvgIpc) is 3.21. The predicted octanol–water partition coefficient (Wildman–Crippen LogP) is 4.43. The van der Waals surface area contributed by atoms with Crippen molar-refractivity contribution in [3.63, 3.8) is 0 Å². The van der Waals surface area contributed by atoms with Gasteiger partial charge in [-0.15, -0.1) is 0 Å². The summed E-state index contributed by atoms with van der Waals surface area (Å²) in [7, 11) is 1.58. The molecule has 0 saturated heterocycles. The van der Waals surface area contributed by atoms with Crippen molar-refractivity contribution in [2.75, 3.05) is 19.0 Å². The minimum atomic E-state index is -0.564. The van der Waals surface area contributed by atoms with Crippen molar-refractivity contribution in [3.05, 3.63) is 76.8 Å². The van der Waals surface area contributed by atoms with Crippen LogP contribution in [-0.4, -0.2) is 29.5 Å². The van der Waals surface area contributed by atoms with Crippen LogP contribution >= 0.6 is 0 Å². The number of carbonyl (C=O) groups excluding carboxylic acids is 1. The lowest BCUT2D eigenvalue weighted by atomic mass is 10.2. The Morgan fingerprint density at radius 3 is 2.77 bits per heavy atom. The summed E-state index contributed by atoms with van der Waals surface area (Å²) in [5.41, 5.74) is 2.18. The fourth-order valence-electron chi connectivity index (χ4n) is 2.96. The molecule has 9 nitrogen and oxygen atoms in total. The second kappa shape index (κ2) is 8.54. The molecule has 4 aromatic rings. The highest BCUT2D eigenvalue weighted by Crippen LogP contribution is 2.28. The molecule has 0 saturated carbocycles. The number of anilines is 1. The van der Waals surface area contributed by atoms with Gasteiger partial charge in [-0.1, -0.05) is 18.2 Å². The molecule has 0 aliphatic carbocycles. The largest absolute Gasteiger partial charge is 0.497 e. The highest BCUT2D eigenvalue weighted by atomic mass is 16.6. The Balaban J connectivity index is 1.46. The predicted molar refractivity (Wildman–Crippen MR) is 113 cm³/mol. The van der Waals surface area contributed by atoms with E-state index in [1.54, 1.807) is 31.4 Å². The van der Waals surface area contributed by atoms with E-state index in [9.17, 15) is 14.9 Å². The monoisotopic (exact) mass is 419 g/mol. The van der Waals surface area contributed by atoms with Gasteiger partial charge in [0, 0.05) is 17.3 Å². The lowest BCUT2D eigenvalue weighted by Gasteiger charge is -2.07. The van der Waals surface area contributed by atoms with Gasteiger partial charge in [0.15, 0.2) is 17.9 Å². The van der Waals surface area contributed by atoms with E-state index in [-0.39, 0.29) is 18.0 Å². The van der Waals surface area contributed by atoms with Crippen LogP contribution in [0.4, 0.5) is 11.4 Å². The van der Waals surface area contributed by atoms with E-state index in [4.69, 9.17) is 13.9 Å². The number of hydrogen-bond acceptors (Lipinski definition) is 7. The standard InChI is InChI=1S/C22H17N3O6/c1-29-16-6-4-5-14(11-16)22-24-17-12-15(9-10-19(17)31-22)23-21(26)13-30-20-8-3-2-7-18(20)25(27)28/h2-12H,13H2,1H3,(H,23,26). The van der Waals surface area contributed by atoms with E-state index >= 15 is 0 Å². The number of rotatable bonds is 7. The van der Waals surface area contributed by atoms with Gasteiger partial charge >= 0.3 is 5.69 Å². The summed E-state index contributed by atoms with van der Waals surface area (Å²) in [5.74, 6) is 0.676. The second-order valence-corrected chi connectivity index (χ2v) is 6.50. The number of amides is 1. The van der Waals surface area contributed by atoms with Crippen molar-refractivity contribution in [1.29, 1.82) is 0 Å². The van der Waals surface area contributed by atoms with Gasteiger partial charge in [0.25, 0.3) is 5.91 Å². The van der Waals surface area contributed by atoms with Gasteiger partial charge in [0.2, 0.25) is 5.89 Å². The van der Waals surface area contributed by atoms with Crippen molar-refractivity contribution in [3.8, 4) is 23.0 Å². The first kappa shape index (κ1) is 19.9. The third-order valence-electron chi connectivity index (χ3n) is 4.41. The zero-order valence-corrected chi connectivity index (χ0v) is 16.4. The maximum absolute atomic E-state index is 12.2. The average molecular weight is 419 g/mol. The molecule has 156 valence electrons. The van der Waals surface area contributed by atoms with Crippen LogP contribution in [0.3, 0.4) is 0 Å². The van der Waals surface area contributed by atoms with Crippen LogP contribution in [0.25, 0.3) is 22.6 Å². The second-order valence-electron chi connectivity index (χ2n) is 6.50. The number of para-hydroxylation sites is 2. The number of carbonyl (C=O) groups is 1. The van der Waals surface area contributed by atoms with Crippen LogP contribution in [0.1, 0.15) is 0 Å². The maximum Gasteiger partial charge on any atom is 0.310 e. The Hall–Kier alpha value is -4.40. The van der Waals surface area contributed by atoms with E-state index in [1.807, 2.05) is 24.3 Å². The minimum Gasteiger partial charge on any atom is -0.497 e. The third kappa shape index (κ3) is 4.45. The van der Waals surface area contributed by atoms with Crippen LogP contribution < -0.4 is 14.8 Å². The number of nitro benzene ring substituents is 1. The number of hydrogen-bond donors (Lipinski definition) is 1. The molecule has 1 amide bonds. The quantitative estimate of drug-likeness (QED) is 0.348. The Bertz CT molecular complexity index is 1270. The van der Waals surface area contributed by atoms with Crippen molar-refractivity contribution in [2.45, 2.75) is 0 Å². The molecule has 0 aliphatic heterocycles. The van der Waals surface area contributed by atoms with Crippen molar-refractivity contribution in [2.24, 2.45) is 0 Å². The number of nitrogens with one attached hydrogen (secondary N) is 1.